The zero-order valence-corrected chi connectivity index (χ0v) is 18.9. The third-order valence-corrected chi connectivity index (χ3v) is 7.36. The first-order chi connectivity index (χ1) is 15.4. The summed E-state index contributed by atoms with van der Waals surface area (Å²) in [5.74, 6) is 0.0157. The number of nitrogens with zero attached hydrogens (tertiary/aromatic N) is 1. The van der Waals surface area contributed by atoms with Crippen LogP contribution in [0.15, 0.2) is 83.8 Å². The predicted octanol–water partition coefficient (Wildman–Crippen LogP) is 4.22. The first-order valence-electron chi connectivity index (χ1n) is 10.6. The van der Waals surface area contributed by atoms with E-state index in [1.807, 2.05) is 38.1 Å². The Morgan fingerprint density at radius 2 is 1.69 bits per heavy atom. The molecule has 0 aromatic heterocycles. The molecule has 166 valence electrons. The van der Waals surface area contributed by atoms with Gasteiger partial charge in [0.15, 0.2) is 6.10 Å². The minimum absolute atomic E-state index is 0.107. The normalized spacial score (nSPS) is 16.6. The first kappa shape index (κ1) is 21.9. The molecular weight excluding hydrogens is 424 g/mol. The van der Waals surface area contributed by atoms with Crippen molar-refractivity contribution in [3.05, 3.63) is 90.0 Å². The Kier molecular flexibility index (Phi) is 6.19. The van der Waals surface area contributed by atoms with Gasteiger partial charge in [0.2, 0.25) is 0 Å². The van der Waals surface area contributed by atoms with Crippen LogP contribution in [0.5, 0.6) is 5.75 Å². The van der Waals surface area contributed by atoms with E-state index >= 15 is 0 Å². The highest BCUT2D eigenvalue weighted by atomic mass is 32.2. The van der Waals surface area contributed by atoms with E-state index in [2.05, 4.69) is 5.32 Å². The van der Waals surface area contributed by atoms with Crippen molar-refractivity contribution < 1.29 is 17.9 Å². The Labute approximate surface area is 188 Å². The third kappa shape index (κ3) is 4.34. The van der Waals surface area contributed by atoms with E-state index in [1.54, 1.807) is 54.6 Å². The molecule has 1 N–H and O–H groups in total. The van der Waals surface area contributed by atoms with E-state index in [9.17, 15) is 13.2 Å². The highest BCUT2D eigenvalue weighted by molar-refractivity contribution is 7.92. The molecule has 0 fully saturated rings. The number of carbonyl (C=O) groups is 1. The van der Waals surface area contributed by atoms with E-state index in [0.717, 1.165) is 11.1 Å². The van der Waals surface area contributed by atoms with Crippen LogP contribution in [0.3, 0.4) is 0 Å². The van der Waals surface area contributed by atoms with Gasteiger partial charge in [-0.05, 0) is 43.2 Å². The SMILES string of the molecule is CC[C@@H](NC(=O)[C@@H]1CN(S(=O)(=O)c2ccccc2)c2ccccc2O1)c1ccc(C)cc1. The fourth-order valence-corrected chi connectivity index (χ4v) is 5.27. The highest BCUT2D eigenvalue weighted by Crippen LogP contribution is 2.37. The fraction of sp³-hybridized carbons (Fsp3) is 0.240. The number of ether oxygens (including phenoxy) is 1. The van der Waals surface area contributed by atoms with Crippen LogP contribution in [0.4, 0.5) is 5.69 Å². The standard InChI is InChI=1S/C25H26N2O4S/c1-3-21(19-15-13-18(2)14-16-19)26-25(28)24-17-27(22-11-7-8-12-23(22)31-24)32(29,30)20-9-5-4-6-10-20/h4-16,21,24H,3,17H2,1-2H3,(H,26,28)/t21-,24+/m1/s1. The molecule has 32 heavy (non-hydrogen) atoms. The average Bonchev–Trinajstić information content (AvgIpc) is 2.82. The van der Waals surface area contributed by atoms with Gasteiger partial charge in [0.25, 0.3) is 15.9 Å². The van der Waals surface area contributed by atoms with E-state index in [1.165, 1.54) is 4.31 Å². The van der Waals surface area contributed by atoms with Gasteiger partial charge in [-0.15, -0.1) is 0 Å². The molecule has 7 heteroatoms. The predicted molar refractivity (Wildman–Crippen MR) is 124 cm³/mol. The molecule has 3 aromatic rings. The van der Waals surface area contributed by atoms with Crippen LogP contribution >= 0.6 is 0 Å². The smallest absolute Gasteiger partial charge is 0.264 e. The number of aryl methyl sites for hydroxylation is 1. The minimum atomic E-state index is -3.86. The molecule has 0 saturated heterocycles. The topological polar surface area (TPSA) is 75.7 Å². The number of benzene rings is 3. The maximum Gasteiger partial charge on any atom is 0.264 e. The number of carbonyl (C=O) groups excluding carboxylic acids is 1. The zero-order chi connectivity index (χ0) is 22.7. The summed E-state index contributed by atoms with van der Waals surface area (Å²) in [6, 6.07) is 22.9. The average molecular weight is 451 g/mol. The molecule has 0 bridgehead atoms. The maximum absolute atomic E-state index is 13.4. The second kappa shape index (κ2) is 9.04. The molecule has 0 unspecified atom stereocenters. The lowest BCUT2D eigenvalue weighted by molar-refractivity contribution is -0.128. The van der Waals surface area contributed by atoms with Gasteiger partial charge in [-0.25, -0.2) is 8.42 Å². The summed E-state index contributed by atoms with van der Waals surface area (Å²) in [7, 11) is -3.86. The molecule has 2 atom stereocenters. The number of amides is 1. The highest BCUT2D eigenvalue weighted by Gasteiger charge is 2.37. The van der Waals surface area contributed by atoms with Crippen molar-refractivity contribution in [3.63, 3.8) is 0 Å². The summed E-state index contributed by atoms with van der Waals surface area (Å²) in [4.78, 5) is 13.3. The van der Waals surface area contributed by atoms with Crippen molar-refractivity contribution in [2.24, 2.45) is 0 Å². The molecule has 6 nitrogen and oxygen atoms in total. The third-order valence-electron chi connectivity index (χ3n) is 5.56. The molecule has 3 aromatic carbocycles. The Morgan fingerprint density at radius 3 is 2.38 bits per heavy atom. The van der Waals surface area contributed by atoms with Crippen molar-refractivity contribution in [2.45, 2.75) is 37.3 Å². The van der Waals surface area contributed by atoms with Gasteiger partial charge in [-0.3, -0.25) is 9.10 Å². The van der Waals surface area contributed by atoms with E-state index in [-0.39, 0.29) is 23.4 Å². The molecular formula is C25H26N2O4S. The molecule has 0 radical (unpaired) electrons. The number of sulfonamides is 1. The number of anilines is 1. The molecule has 0 saturated carbocycles. The van der Waals surface area contributed by atoms with E-state index in [4.69, 9.17) is 4.74 Å². The second-order valence-electron chi connectivity index (χ2n) is 7.80. The molecule has 0 aliphatic carbocycles. The zero-order valence-electron chi connectivity index (χ0n) is 18.1. The van der Waals surface area contributed by atoms with Gasteiger partial charge < -0.3 is 10.1 Å². The van der Waals surface area contributed by atoms with Crippen LogP contribution in [0.25, 0.3) is 0 Å². The monoisotopic (exact) mass is 450 g/mol. The van der Waals surface area contributed by atoms with Crippen molar-refractivity contribution in [1.29, 1.82) is 0 Å². The lowest BCUT2D eigenvalue weighted by Crippen LogP contribution is -2.51. The fourth-order valence-electron chi connectivity index (χ4n) is 3.77. The van der Waals surface area contributed by atoms with Crippen LogP contribution in [0, 0.1) is 6.92 Å². The molecule has 0 spiro atoms. The summed E-state index contributed by atoms with van der Waals surface area (Å²) >= 11 is 0. The van der Waals surface area contributed by atoms with Crippen LogP contribution < -0.4 is 14.4 Å². The summed E-state index contributed by atoms with van der Waals surface area (Å²) in [6.07, 6.45) is -0.271. The Balaban J connectivity index is 1.62. The number of para-hydroxylation sites is 2. The van der Waals surface area contributed by atoms with Gasteiger partial charge in [-0.2, -0.15) is 0 Å². The summed E-state index contributed by atoms with van der Waals surface area (Å²) in [6.45, 7) is 3.90. The lowest BCUT2D eigenvalue weighted by atomic mass is 10.0. The van der Waals surface area contributed by atoms with Crippen LogP contribution in [-0.2, 0) is 14.8 Å². The molecule has 1 heterocycles. The van der Waals surface area contributed by atoms with Gasteiger partial charge >= 0.3 is 0 Å². The van der Waals surface area contributed by atoms with Gasteiger partial charge in [-0.1, -0.05) is 67.1 Å². The van der Waals surface area contributed by atoms with E-state index < -0.39 is 16.1 Å². The van der Waals surface area contributed by atoms with Gasteiger partial charge in [0.05, 0.1) is 23.2 Å². The number of hydrogen-bond acceptors (Lipinski definition) is 4. The molecule has 4 rings (SSSR count). The lowest BCUT2D eigenvalue weighted by Gasteiger charge is -2.35. The number of nitrogens with one attached hydrogen (secondary N) is 1. The maximum atomic E-state index is 13.4. The van der Waals surface area contributed by atoms with Crippen LogP contribution in [0.1, 0.15) is 30.5 Å². The van der Waals surface area contributed by atoms with Crippen molar-refractivity contribution in [1.82, 2.24) is 5.32 Å². The number of rotatable bonds is 6. The number of fused-ring (bicyclic) bond motifs is 1. The van der Waals surface area contributed by atoms with Gasteiger partial charge in [0.1, 0.15) is 5.75 Å². The van der Waals surface area contributed by atoms with Crippen LogP contribution in [-0.4, -0.2) is 27.0 Å². The Morgan fingerprint density at radius 1 is 1.03 bits per heavy atom. The molecule has 1 aliphatic rings. The minimum Gasteiger partial charge on any atom is -0.476 e. The Hall–Kier alpha value is -3.32. The largest absolute Gasteiger partial charge is 0.476 e. The quantitative estimate of drug-likeness (QED) is 0.610. The molecule has 1 amide bonds. The first-order valence-corrected chi connectivity index (χ1v) is 12.0. The second-order valence-corrected chi connectivity index (χ2v) is 9.67. The Bertz CT molecular complexity index is 1190. The van der Waals surface area contributed by atoms with Crippen LogP contribution in [0.2, 0.25) is 0 Å². The van der Waals surface area contributed by atoms with Gasteiger partial charge in [0, 0.05) is 0 Å². The summed E-state index contributed by atoms with van der Waals surface area (Å²) < 4.78 is 34.0. The van der Waals surface area contributed by atoms with E-state index in [0.29, 0.717) is 17.9 Å². The molecule has 1 aliphatic heterocycles. The summed E-state index contributed by atoms with van der Waals surface area (Å²) in [5.41, 5.74) is 2.56. The summed E-state index contributed by atoms with van der Waals surface area (Å²) in [5, 5.41) is 3.03. The number of hydrogen-bond donors (Lipinski definition) is 1. The van der Waals surface area contributed by atoms with Crippen molar-refractivity contribution >= 4 is 21.6 Å². The van der Waals surface area contributed by atoms with Crippen molar-refractivity contribution in [2.75, 3.05) is 10.8 Å². The van der Waals surface area contributed by atoms with Crippen molar-refractivity contribution in [3.8, 4) is 5.75 Å².